The average molecular weight is 363 g/mol. The molecule has 1 fully saturated rings. The van der Waals surface area contributed by atoms with Gasteiger partial charge in [0.05, 0.1) is 5.69 Å². The number of rotatable bonds is 3. The zero-order valence-electron chi connectivity index (χ0n) is 15.5. The Hall–Kier alpha value is -2.95. The van der Waals surface area contributed by atoms with Gasteiger partial charge in [0.25, 0.3) is 5.91 Å². The molecule has 1 aliphatic rings. The predicted octanol–water partition coefficient (Wildman–Crippen LogP) is 4.46. The number of nitrogens with zero attached hydrogens (tertiary/aromatic N) is 2. The Morgan fingerprint density at radius 2 is 1.81 bits per heavy atom. The van der Waals surface area contributed by atoms with Gasteiger partial charge in [0.15, 0.2) is 0 Å². The van der Waals surface area contributed by atoms with Crippen molar-refractivity contribution in [1.29, 1.82) is 0 Å². The van der Waals surface area contributed by atoms with Gasteiger partial charge in [0.1, 0.15) is 11.6 Å². The number of carbonyl (C=O) groups is 1. The molecule has 2 aromatic carbocycles. The first-order valence-corrected chi connectivity index (χ1v) is 9.19. The summed E-state index contributed by atoms with van der Waals surface area (Å²) >= 11 is 0. The van der Waals surface area contributed by atoms with Crippen LogP contribution in [-0.2, 0) is 0 Å². The first-order chi connectivity index (χ1) is 13.0. The lowest BCUT2D eigenvalue weighted by atomic mass is 9.98. The van der Waals surface area contributed by atoms with Crippen molar-refractivity contribution in [3.8, 4) is 11.3 Å². The van der Waals surface area contributed by atoms with Crippen LogP contribution in [0.25, 0.3) is 11.3 Å². The van der Waals surface area contributed by atoms with Crippen molar-refractivity contribution in [1.82, 2.24) is 14.9 Å². The Morgan fingerprint density at radius 1 is 1.11 bits per heavy atom. The molecule has 2 heterocycles. The lowest BCUT2D eigenvalue weighted by Gasteiger charge is -2.17. The largest absolute Gasteiger partial charge is 0.346 e. The quantitative estimate of drug-likeness (QED) is 0.747. The van der Waals surface area contributed by atoms with Gasteiger partial charge < -0.3 is 9.88 Å². The first-order valence-electron chi connectivity index (χ1n) is 9.19. The number of nitrogens with one attached hydrogen (secondary N) is 1. The van der Waals surface area contributed by atoms with Crippen LogP contribution in [0, 0.1) is 19.7 Å². The van der Waals surface area contributed by atoms with E-state index in [4.69, 9.17) is 0 Å². The highest BCUT2D eigenvalue weighted by molar-refractivity contribution is 5.95. The minimum Gasteiger partial charge on any atom is -0.346 e. The van der Waals surface area contributed by atoms with E-state index in [2.05, 4.69) is 9.97 Å². The van der Waals surface area contributed by atoms with Gasteiger partial charge in [-0.05, 0) is 50.1 Å². The average Bonchev–Trinajstić information content (AvgIpc) is 3.28. The summed E-state index contributed by atoms with van der Waals surface area (Å²) in [6, 6.07) is 14.2. The molecule has 0 saturated carbocycles. The highest BCUT2D eigenvalue weighted by atomic mass is 19.1. The standard InChI is InChI=1S/C22H22FN3O/c1-14-21(25-15(2)24-14)17-3-5-18(6-4-17)22(27)26-12-11-19(13-26)16-7-9-20(23)10-8-16/h3-10,19H,11-13H2,1-2H3,(H,24,25)/t19-/m1/s1. The van der Waals surface area contributed by atoms with Crippen LogP contribution in [-0.4, -0.2) is 33.9 Å². The van der Waals surface area contributed by atoms with Gasteiger partial charge in [0.2, 0.25) is 0 Å². The minimum atomic E-state index is -0.230. The third kappa shape index (κ3) is 3.50. The third-order valence-electron chi connectivity index (χ3n) is 5.23. The molecule has 4 rings (SSSR count). The number of carbonyl (C=O) groups excluding carboxylic acids is 1. The molecule has 0 aliphatic carbocycles. The maximum Gasteiger partial charge on any atom is 0.253 e. The van der Waals surface area contributed by atoms with E-state index in [0.717, 1.165) is 41.3 Å². The maximum atomic E-state index is 13.1. The van der Waals surface area contributed by atoms with Crippen LogP contribution in [0.1, 0.15) is 39.8 Å². The molecule has 3 aromatic rings. The second kappa shape index (κ2) is 6.99. The molecule has 138 valence electrons. The molecule has 0 bridgehead atoms. The van der Waals surface area contributed by atoms with Gasteiger partial charge in [-0.2, -0.15) is 0 Å². The number of hydrogen-bond donors (Lipinski definition) is 1. The van der Waals surface area contributed by atoms with Crippen molar-refractivity contribution in [3.05, 3.63) is 77.0 Å². The van der Waals surface area contributed by atoms with Crippen LogP contribution in [0.5, 0.6) is 0 Å². The Bertz CT molecular complexity index is 960. The zero-order chi connectivity index (χ0) is 19.0. The van der Waals surface area contributed by atoms with Crippen LogP contribution in [0.3, 0.4) is 0 Å². The van der Waals surface area contributed by atoms with Crippen molar-refractivity contribution in [2.75, 3.05) is 13.1 Å². The van der Waals surface area contributed by atoms with E-state index in [-0.39, 0.29) is 17.6 Å². The summed E-state index contributed by atoms with van der Waals surface area (Å²) in [6.07, 6.45) is 0.904. The molecule has 27 heavy (non-hydrogen) atoms. The van der Waals surface area contributed by atoms with E-state index < -0.39 is 0 Å². The molecule has 0 radical (unpaired) electrons. The summed E-state index contributed by atoms with van der Waals surface area (Å²) < 4.78 is 13.1. The maximum absolute atomic E-state index is 13.1. The third-order valence-corrected chi connectivity index (χ3v) is 5.23. The van der Waals surface area contributed by atoms with Crippen LogP contribution >= 0.6 is 0 Å². The van der Waals surface area contributed by atoms with Gasteiger partial charge in [-0.15, -0.1) is 0 Å². The fraction of sp³-hybridized carbons (Fsp3) is 0.273. The smallest absolute Gasteiger partial charge is 0.253 e. The van der Waals surface area contributed by atoms with E-state index >= 15 is 0 Å². The van der Waals surface area contributed by atoms with Gasteiger partial charge in [-0.1, -0.05) is 24.3 Å². The zero-order valence-corrected chi connectivity index (χ0v) is 15.5. The molecule has 5 heteroatoms. The van der Waals surface area contributed by atoms with Crippen molar-refractivity contribution in [3.63, 3.8) is 0 Å². The number of halogens is 1. The number of aromatic amines is 1. The van der Waals surface area contributed by atoms with Gasteiger partial charge in [0, 0.05) is 35.8 Å². The molecule has 1 amide bonds. The van der Waals surface area contributed by atoms with E-state index in [0.29, 0.717) is 12.1 Å². The Kier molecular flexibility index (Phi) is 4.52. The number of benzene rings is 2. The highest BCUT2D eigenvalue weighted by Gasteiger charge is 2.28. The number of hydrogen-bond acceptors (Lipinski definition) is 2. The molecular formula is C22H22FN3O. The Morgan fingerprint density at radius 3 is 2.44 bits per heavy atom. The topological polar surface area (TPSA) is 49.0 Å². The Labute approximate surface area is 158 Å². The number of amides is 1. The normalized spacial score (nSPS) is 16.7. The lowest BCUT2D eigenvalue weighted by Crippen LogP contribution is -2.28. The summed E-state index contributed by atoms with van der Waals surface area (Å²) in [7, 11) is 0. The summed E-state index contributed by atoms with van der Waals surface area (Å²) in [5, 5.41) is 0. The second-order valence-electron chi connectivity index (χ2n) is 7.16. The molecule has 1 aliphatic heterocycles. The fourth-order valence-corrected chi connectivity index (χ4v) is 3.80. The molecule has 1 aromatic heterocycles. The van der Waals surface area contributed by atoms with E-state index in [1.54, 1.807) is 0 Å². The monoisotopic (exact) mass is 363 g/mol. The SMILES string of the molecule is Cc1nc(-c2ccc(C(=O)N3CC[C@@H](c4ccc(F)cc4)C3)cc2)c(C)[nH]1. The first kappa shape index (κ1) is 17.5. The fourth-order valence-electron chi connectivity index (χ4n) is 3.80. The van der Waals surface area contributed by atoms with Crippen molar-refractivity contribution in [2.24, 2.45) is 0 Å². The number of likely N-dealkylation sites (tertiary alicyclic amines) is 1. The van der Waals surface area contributed by atoms with Gasteiger partial charge >= 0.3 is 0 Å². The van der Waals surface area contributed by atoms with Crippen LogP contribution in [0.15, 0.2) is 48.5 Å². The number of aryl methyl sites for hydroxylation is 2. The molecule has 0 spiro atoms. The number of H-pyrrole nitrogens is 1. The highest BCUT2D eigenvalue weighted by Crippen LogP contribution is 2.29. The second-order valence-corrected chi connectivity index (χ2v) is 7.16. The van der Waals surface area contributed by atoms with Crippen molar-refractivity contribution in [2.45, 2.75) is 26.2 Å². The van der Waals surface area contributed by atoms with Crippen LogP contribution in [0.4, 0.5) is 4.39 Å². The van der Waals surface area contributed by atoms with Gasteiger partial charge in [-0.3, -0.25) is 4.79 Å². The molecule has 4 nitrogen and oxygen atoms in total. The van der Waals surface area contributed by atoms with E-state index in [9.17, 15) is 9.18 Å². The Balaban J connectivity index is 1.47. The lowest BCUT2D eigenvalue weighted by molar-refractivity contribution is 0.0791. The molecular weight excluding hydrogens is 341 g/mol. The molecule has 1 saturated heterocycles. The van der Waals surface area contributed by atoms with E-state index in [1.165, 1.54) is 12.1 Å². The molecule has 1 N–H and O–H groups in total. The van der Waals surface area contributed by atoms with Crippen LogP contribution < -0.4 is 0 Å². The summed E-state index contributed by atoms with van der Waals surface area (Å²) in [4.78, 5) is 22.4. The van der Waals surface area contributed by atoms with Crippen LogP contribution in [0.2, 0.25) is 0 Å². The van der Waals surface area contributed by atoms with Crippen molar-refractivity contribution < 1.29 is 9.18 Å². The summed E-state index contributed by atoms with van der Waals surface area (Å²) in [6.45, 7) is 5.32. The number of aromatic nitrogens is 2. The predicted molar refractivity (Wildman–Crippen MR) is 103 cm³/mol. The number of imidazole rings is 1. The summed E-state index contributed by atoms with van der Waals surface area (Å²) in [5.41, 5.74) is 4.71. The minimum absolute atomic E-state index is 0.0427. The molecule has 0 unspecified atom stereocenters. The summed E-state index contributed by atoms with van der Waals surface area (Å²) in [5.74, 6) is 0.961. The molecule has 1 atom stereocenters. The van der Waals surface area contributed by atoms with Crippen molar-refractivity contribution >= 4 is 5.91 Å². The van der Waals surface area contributed by atoms with Gasteiger partial charge in [-0.25, -0.2) is 9.37 Å². The van der Waals surface area contributed by atoms with E-state index in [1.807, 2.05) is 55.1 Å².